The van der Waals surface area contributed by atoms with Gasteiger partial charge in [-0.25, -0.2) is 0 Å². The Labute approximate surface area is 233 Å². The van der Waals surface area contributed by atoms with Crippen molar-refractivity contribution in [3.05, 3.63) is 39.9 Å². The molecule has 9 nitrogen and oxygen atoms in total. The summed E-state index contributed by atoms with van der Waals surface area (Å²) < 4.78 is 0. The number of hydrogen-bond acceptors (Lipinski definition) is 5. The molecule has 2 aliphatic rings. The molecule has 208 valence electrons. The van der Waals surface area contributed by atoms with E-state index in [1.165, 1.54) is 12.2 Å². The highest BCUT2D eigenvalue weighted by molar-refractivity contribution is 6.35. The van der Waals surface area contributed by atoms with Crippen molar-refractivity contribution in [2.45, 2.75) is 77.1 Å². The van der Waals surface area contributed by atoms with Gasteiger partial charge in [-0.2, -0.15) is 0 Å². The maximum Gasteiger partial charge on any atom is 0.251 e. The van der Waals surface area contributed by atoms with Crippen molar-refractivity contribution in [2.75, 3.05) is 6.54 Å². The predicted molar refractivity (Wildman–Crippen MR) is 146 cm³/mol. The van der Waals surface area contributed by atoms with Crippen LogP contribution in [0.5, 0.6) is 0 Å². The molecule has 38 heavy (non-hydrogen) atoms. The van der Waals surface area contributed by atoms with Crippen LogP contribution >= 0.6 is 23.2 Å². The zero-order chi connectivity index (χ0) is 28.0. The zero-order valence-electron chi connectivity index (χ0n) is 21.9. The van der Waals surface area contributed by atoms with Gasteiger partial charge in [0.05, 0.1) is 6.04 Å². The minimum Gasteiger partial charge on any atom is -0.381 e. The molecule has 4 amide bonds. The van der Waals surface area contributed by atoms with E-state index in [2.05, 4.69) is 21.3 Å². The van der Waals surface area contributed by atoms with E-state index >= 15 is 0 Å². The van der Waals surface area contributed by atoms with Gasteiger partial charge in [-0.05, 0) is 61.3 Å². The number of benzene rings is 1. The third-order valence-electron chi connectivity index (χ3n) is 6.43. The van der Waals surface area contributed by atoms with Gasteiger partial charge in [0.2, 0.25) is 17.7 Å². The molecular formula is C27H36Cl2N4O5. The van der Waals surface area contributed by atoms with Crippen molar-refractivity contribution in [1.29, 1.82) is 0 Å². The number of hydrogen-bond donors (Lipinski definition) is 5. The van der Waals surface area contributed by atoms with E-state index in [1.807, 2.05) is 20.8 Å². The lowest BCUT2D eigenvalue weighted by Gasteiger charge is -2.30. The van der Waals surface area contributed by atoms with Gasteiger partial charge in [0.1, 0.15) is 6.04 Å². The lowest BCUT2D eigenvalue weighted by atomic mass is 9.87. The SMILES string of the molecule is CC(C)(C)CC(NC(=O)/C=C/c1ccc(Cl)cc1Cl)C(=O)NC(C[C@@H]1CCNC1=O)C(O)C(=O)NC1CC1. The molecule has 0 radical (unpaired) electrons. The molecule has 1 saturated heterocycles. The summed E-state index contributed by atoms with van der Waals surface area (Å²) in [6.07, 6.45) is 3.88. The second kappa shape index (κ2) is 13.0. The van der Waals surface area contributed by atoms with E-state index in [4.69, 9.17) is 23.2 Å². The number of halogens is 2. The number of carbonyl (C=O) groups excluding carboxylic acids is 4. The molecule has 4 atom stereocenters. The minimum atomic E-state index is -1.54. The van der Waals surface area contributed by atoms with Crippen molar-refractivity contribution in [1.82, 2.24) is 21.3 Å². The molecule has 3 unspecified atom stereocenters. The Balaban J connectivity index is 1.73. The van der Waals surface area contributed by atoms with Gasteiger partial charge >= 0.3 is 0 Å². The smallest absolute Gasteiger partial charge is 0.251 e. The molecule has 11 heteroatoms. The highest BCUT2D eigenvalue weighted by Gasteiger charge is 2.37. The van der Waals surface area contributed by atoms with Gasteiger partial charge in [-0.3, -0.25) is 19.2 Å². The average Bonchev–Trinajstić information content (AvgIpc) is 3.55. The summed E-state index contributed by atoms with van der Waals surface area (Å²) in [7, 11) is 0. The molecule has 1 saturated carbocycles. The first-order chi connectivity index (χ1) is 17.8. The number of rotatable bonds is 11. The molecule has 1 heterocycles. The standard InChI is InChI=1S/C27H36Cl2N4O5/c1-27(2,3)14-21(32-22(34)9-5-15-4-6-17(28)13-19(15)29)25(37)33-20(12-16-10-11-30-24(16)36)23(35)26(38)31-18-7-8-18/h4-6,9,13,16,18,20-21,23,35H,7-8,10-12,14H2,1-3H3,(H,30,36)(H,31,38)(H,32,34)(H,33,37)/b9-5+/t16-,20?,21?,23?/m0/s1. The highest BCUT2D eigenvalue weighted by atomic mass is 35.5. The largest absolute Gasteiger partial charge is 0.381 e. The summed E-state index contributed by atoms with van der Waals surface area (Å²) >= 11 is 12.1. The van der Waals surface area contributed by atoms with E-state index in [0.717, 1.165) is 12.8 Å². The first-order valence-electron chi connectivity index (χ1n) is 12.8. The van der Waals surface area contributed by atoms with Crippen molar-refractivity contribution in [3.8, 4) is 0 Å². The predicted octanol–water partition coefficient (Wildman–Crippen LogP) is 2.58. The molecule has 3 rings (SSSR count). The Bertz CT molecular complexity index is 1080. The molecular weight excluding hydrogens is 531 g/mol. The maximum absolute atomic E-state index is 13.4. The Morgan fingerprint density at radius 2 is 1.84 bits per heavy atom. The van der Waals surface area contributed by atoms with Crippen molar-refractivity contribution >= 4 is 52.9 Å². The topological polar surface area (TPSA) is 137 Å². The molecule has 1 aromatic rings. The van der Waals surface area contributed by atoms with Gasteiger partial charge in [-0.15, -0.1) is 0 Å². The van der Waals surface area contributed by atoms with Crippen molar-refractivity contribution < 1.29 is 24.3 Å². The quantitative estimate of drug-likeness (QED) is 0.262. The number of carbonyl (C=O) groups is 4. The number of nitrogens with one attached hydrogen (secondary N) is 4. The molecule has 1 aliphatic heterocycles. The summed E-state index contributed by atoms with van der Waals surface area (Å²) in [6.45, 7) is 6.30. The summed E-state index contributed by atoms with van der Waals surface area (Å²) in [5.74, 6) is -2.27. The number of aliphatic hydroxyl groups is 1. The summed E-state index contributed by atoms with van der Waals surface area (Å²) in [5, 5.41) is 22.6. The van der Waals surface area contributed by atoms with Crippen LogP contribution in [0.4, 0.5) is 0 Å². The fraction of sp³-hybridized carbons (Fsp3) is 0.556. The Morgan fingerprint density at radius 3 is 2.42 bits per heavy atom. The van der Waals surface area contributed by atoms with Gasteiger partial charge in [0.25, 0.3) is 5.91 Å². The Hall–Kier alpha value is -2.62. The van der Waals surface area contributed by atoms with Crippen LogP contribution in [0.3, 0.4) is 0 Å². The highest BCUT2D eigenvalue weighted by Crippen LogP contribution is 2.24. The van der Waals surface area contributed by atoms with Crippen molar-refractivity contribution in [3.63, 3.8) is 0 Å². The molecule has 0 spiro atoms. The third kappa shape index (κ3) is 9.29. The van der Waals surface area contributed by atoms with E-state index < -0.39 is 41.8 Å². The molecule has 1 aromatic carbocycles. The maximum atomic E-state index is 13.4. The monoisotopic (exact) mass is 566 g/mol. The lowest BCUT2D eigenvalue weighted by Crippen LogP contribution is -2.56. The minimum absolute atomic E-state index is 0.0251. The van der Waals surface area contributed by atoms with Crippen molar-refractivity contribution in [2.24, 2.45) is 11.3 Å². The molecule has 0 aromatic heterocycles. The van der Waals surface area contributed by atoms with Gasteiger partial charge in [-0.1, -0.05) is 50.0 Å². The van der Waals surface area contributed by atoms with E-state index in [-0.39, 0.29) is 23.8 Å². The molecule has 1 aliphatic carbocycles. The fourth-order valence-electron chi connectivity index (χ4n) is 4.27. The Kier molecular flexibility index (Phi) is 10.2. The number of amides is 4. The van der Waals surface area contributed by atoms with Crippen LogP contribution < -0.4 is 21.3 Å². The van der Waals surface area contributed by atoms with E-state index in [1.54, 1.807) is 18.2 Å². The first-order valence-corrected chi connectivity index (χ1v) is 13.6. The molecule has 2 fully saturated rings. The van der Waals surface area contributed by atoms with Crippen LogP contribution in [0, 0.1) is 11.3 Å². The summed E-state index contributed by atoms with van der Waals surface area (Å²) in [5.41, 5.74) is 0.254. The summed E-state index contributed by atoms with van der Waals surface area (Å²) in [4.78, 5) is 51.0. The second-order valence-electron chi connectivity index (χ2n) is 11.2. The van der Waals surface area contributed by atoms with Crippen LogP contribution in [-0.2, 0) is 19.2 Å². The van der Waals surface area contributed by atoms with Crippen LogP contribution in [0.2, 0.25) is 10.0 Å². The van der Waals surface area contributed by atoms with Crippen LogP contribution in [0.25, 0.3) is 6.08 Å². The van der Waals surface area contributed by atoms with Crippen LogP contribution in [0.1, 0.15) is 58.4 Å². The molecule has 5 N–H and O–H groups in total. The fourth-order valence-corrected chi connectivity index (χ4v) is 4.74. The summed E-state index contributed by atoms with van der Waals surface area (Å²) in [6, 6.07) is 2.95. The third-order valence-corrected chi connectivity index (χ3v) is 6.99. The first kappa shape index (κ1) is 29.9. The van der Waals surface area contributed by atoms with Crippen LogP contribution in [-0.4, -0.2) is 59.5 Å². The normalized spacial score (nSPS) is 19.9. The van der Waals surface area contributed by atoms with Gasteiger partial charge < -0.3 is 26.4 Å². The van der Waals surface area contributed by atoms with Crippen LogP contribution in [0.15, 0.2) is 24.3 Å². The van der Waals surface area contributed by atoms with Gasteiger partial charge in [0, 0.05) is 34.6 Å². The lowest BCUT2D eigenvalue weighted by molar-refractivity contribution is -0.135. The van der Waals surface area contributed by atoms with Gasteiger partial charge in [0.15, 0.2) is 6.10 Å². The zero-order valence-corrected chi connectivity index (χ0v) is 23.4. The number of aliphatic hydroxyl groups excluding tert-OH is 1. The second-order valence-corrected chi connectivity index (χ2v) is 12.0. The average molecular weight is 568 g/mol. The van der Waals surface area contributed by atoms with E-state index in [9.17, 15) is 24.3 Å². The molecule has 0 bridgehead atoms. The Morgan fingerprint density at radius 1 is 1.13 bits per heavy atom. The van der Waals surface area contributed by atoms with E-state index in [0.29, 0.717) is 35.0 Å².